The van der Waals surface area contributed by atoms with Gasteiger partial charge in [0, 0.05) is 11.3 Å². The maximum Gasteiger partial charge on any atom is 0.119 e. The minimum atomic E-state index is 0.492. The minimum Gasteiger partial charge on any atom is -0.497 e. The van der Waals surface area contributed by atoms with E-state index in [2.05, 4.69) is 42.2 Å². The summed E-state index contributed by atoms with van der Waals surface area (Å²) in [5.41, 5.74) is 2.96. The predicted octanol–water partition coefficient (Wildman–Crippen LogP) is 4.19. The molecular formula is C18H27NOS. The molecule has 0 spiro atoms. The van der Waals surface area contributed by atoms with Gasteiger partial charge in [-0.15, -0.1) is 0 Å². The fourth-order valence-electron chi connectivity index (χ4n) is 3.76. The van der Waals surface area contributed by atoms with Crippen LogP contribution in [0.1, 0.15) is 49.8 Å². The van der Waals surface area contributed by atoms with Crippen molar-refractivity contribution in [2.45, 2.75) is 50.3 Å². The second kappa shape index (κ2) is 7.06. The van der Waals surface area contributed by atoms with Gasteiger partial charge >= 0.3 is 0 Å². The van der Waals surface area contributed by atoms with Gasteiger partial charge in [-0.25, -0.2) is 0 Å². The molecule has 0 aliphatic heterocycles. The van der Waals surface area contributed by atoms with E-state index in [1.165, 1.54) is 49.0 Å². The van der Waals surface area contributed by atoms with Gasteiger partial charge in [-0.2, -0.15) is 11.8 Å². The van der Waals surface area contributed by atoms with Crippen molar-refractivity contribution in [1.29, 1.82) is 0 Å². The van der Waals surface area contributed by atoms with Crippen LogP contribution in [0.4, 0.5) is 0 Å². The molecule has 0 radical (unpaired) electrons. The first kappa shape index (κ1) is 15.2. The number of hydrogen-bond acceptors (Lipinski definition) is 3. The van der Waals surface area contributed by atoms with E-state index in [9.17, 15) is 0 Å². The topological polar surface area (TPSA) is 21.3 Å². The minimum absolute atomic E-state index is 0.492. The fraction of sp³-hybridized carbons (Fsp3) is 0.667. The maximum atomic E-state index is 5.41. The summed E-state index contributed by atoms with van der Waals surface area (Å²) in [7, 11) is 1.76. The van der Waals surface area contributed by atoms with Gasteiger partial charge in [-0.05, 0) is 60.7 Å². The Balaban J connectivity index is 1.69. The Hall–Kier alpha value is -0.670. The lowest BCUT2D eigenvalue weighted by molar-refractivity contribution is 0.413. The van der Waals surface area contributed by atoms with E-state index in [4.69, 9.17) is 4.74 Å². The molecule has 2 atom stereocenters. The van der Waals surface area contributed by atoms with Crippen LogP contribution in [0.15, 0.2) is 18.2 Å². The second-order valence-corrected chi connectivity index (χ2v) is 7.60. The number of thioether (sulfide) groups is 1. The van der Waals surface area contributed by atoms with E-state index < -0.39 is 0 Å². The molecule has 0 saturated heterocycles. The summed E-state index contributed by atoms with van der Waals surface area (Å²) in [4.78, 5) is 0. The largest absolute Gasteiger partial charge is 0.497 e. The van der Waals surface area contributed by atoms with Crippen molar-refractivity contribution < 1.29 is 4.74 Å². The molecule has 2 nitrogen and oxygen atoms in total. The van der Waals surface area contributed by atoms with Crippen LogP contribution < -0.4 is 10.1 Å². The Labute approximate surface area is 133 Å². The van der Waals surface area contributed by atoms with E-state index >= 15 is 0 Å². The first-order valence-corrected chi connectivity index (χ1v) is 9.38. The summed E-state index contributed by atoms with van der Waals surface area (Å²) in [6.07, 6.45) is 7.00. The van der Waals surface area contributed by atoms with E-state index in [0.29, 0.717) is 11.3 Å². The Kier molecular flexibility index (Phi) is 5.12. The standard InChI is InChI=1S/C18H27NOS/c1-3-19-18-16-11-15(20-2)9-8-14(16)10-17(18)21-12-13-6-4-5-7-13/h8-9,11,13,17-19H,3-7,10,12H2,1-2H3. The zero-order chi connectivity index (χ0) is 14.7. The van der Waals surface area contributed by atoms with Crippen LogP contribution in [0.3, 0.4) is 0 Å². The third-order valence-electron chi connectivity index (χ3n) is 4.93. The summed E-state index contributed by atoms with van der Waals surface area (Å²) >= 11 is 2.20. The van der Waals surface area contributed by atoms with Crippen molar-refractivity contribution in [3.05, 3.63) is 29.3 Å². The lowest BCUT2D eigenvalue weighted by atomic mass is 10.1. The Morgan fingerprint density at radius 2 is 2.10 bits per heavy atom. The first-order valence-electron chi connectivity index (χ1n) is 8.33. The van der Waals surface area contributed by atoms with Crippen molar-refractivity contribution in [3.63, 3.8) is 0 Å². The summed E-state index contributed by atoms with van der Waals surface area (Å²) in [6.45, 7) is 3.23. The summed E-state index contributed by atoms with van der Waals surface area (Å²) in [6, 6.07) is 7.09. The highest BCUT2D eigenvalue weighted by Gasteiger charge is 2.33. The number of ether oxygens (including phenoxy) is 1. The molecular weight excluding hydrogens is 278 g/mol. The lowest BCUT2D eigenvalue weighted by Crippen LogP contribution is -2.27. The van der Waals surface area contributed by atoms with Gasteiger partial charge in [0.05, 0.1) is 7.11 Å². The molecule has 0 aromatic heterocycles. The quantitative estimate of drug-likeness (QED) is 0.851. The molecule has 1 aromatic carbocycles. The molecule has 1 aromatic rings. The summed E-state index contributed by atoms with van der Waals surface area (Å²) in [5.74, 6) is 3.30. The summed E-state index contributed by atoms with van der Waals surface area (Å²) in [5, 5.41) is 4.39. The van der Waals surface area contributed by atoms with Gasteiger partial charge in [0.25, 0.3) is 0 Å². The van der Waals surface area contributed by atoms with Crippen LogP contribution >= 0.6 is 11.8 Å². The van der Waals surface area contributed by atoms with Crippen molar-refractivity contribution in [1.82, 2.24) is 5.32 Å². The highest BCUT2D eigenvalue weighted by atomic mass is 32.2. The zero-order valence-corrected chi connectivity index (χ0v) is 14.0. The van der Waals surface area contributed by atoms with Gasteiger partial charge in [-0.3, -0.25) is 0 Å². The SMILES string of the molecule is CCNC1c2cc(OC)ccc2CC1SCC1CCCC1. The lowest BCUT2D eigenvalue weighted by Gasteiger charge is -2.22. The second-order valence-electron chi connectivity index (χ2n) is 6.33. The first-order chi connectivity index (χ1) is 10.3. The molecule has 1 N–H and O–H groups in total. The smallest absolute Gasteiger partial charge is 0.119 e. The number of benzene rings is 1. The van der Waals surface area contributed by atoms with Gasteiger partial charge < -0.3 is 10.1 Å². The fourth-order valence-corrected chi connectivity index (χ4v) is 5.35. The van der Waals surface area contributed by atoms with E-state index in [1.54, 1.807) is 7.11 Å². The highest BCUT2D eigenvalue weighted by Crippen LogP contribution is 2.41. The molecule has 0 amide bonds. The molecule has 0 bridgehead atoms. The van der Waals surface area contributed by atoms with Gasteiger partial charge in [0.2, 0.25) is 0 Å². The Morgan fingerprint density at radius 1 is 1.29 bits per heavy atom. The Bertz CT molecular complexity index is 470. The van der Waals surface area contributed by atoms with E-state index in [0.717, 1.165) is 18.2 Å². The molecule has 2 unspecified atom stereocenters. The third-order valence-corrected chi connectivity index (χ3v) is 6.46. The average Bonchev–Trinajstić information content (AvgIpc) is 3.13. The van der Waals surface area contributed by atoms with Crippen LogP contribution in [0.25, 0.3) is 0 Å². The molecule has 3 rings (SSSR count). The molecule has 0 heterocycles. The van der Waals surface area contributed by atoms with Crippen LogP contribution in [0, 0.1) is 5.92 Å². The summed E-state index contributed by atoms with van der Waals surface area (Å²) < 4.78 is 5.41. The van der Waals surface area contributed by atoms with Crippen LogP contribution in [0.5, 0.6) is 5.75 Å². The molecule has 3 heteroatoms. The van der Waals surface area contributed by atoms with E-state index in [1.807, 2.05) is 0 Å². The highest BCUT2D eigenvalue weighted by molar-refractivity contribution is 7.99. The van der Waals surface area contributed by atoms with Crippen LogP contribution in [0.2, 0.25) is 0 Å². The van der Waals surface area contributed by atoms with Crippen LogP contribution in [-0.2, 0) is 6.42 Å². The number of nitrogens with one attached hydrogen (secondary N) is 1. The van der Waals surface area contributed by atoms with Crippen molar-refractivity contribution in [2.24, 2.45) is 5.92 Å². The molecule has 2 aliphatic carbocycles. The predicted molar refractivity (Wildman–Crippen MR) is 91.3 cm³/mol. The number of hydrogen-bond donors (Lipinski definition) is 1. The molecule has 1 saturated carbocycles. The van der Waals surface area contributed by atoms with Crippen molar-refractivity contribution in [2.75, 3.05) is 19.4 Å². The third kappa shape index (κ3) is 3.40. The monoisotopic (exact) mass is 305 g/mol. The van der Waals surface area contributed by atoms with Gasteiger partial charge in [0.15, 0.2) is 0 Å². The average molecular weight is 305 g/mol. The van der Waals surface area contributed by atoms with Gasteiger partial charge in [-0.1, -0.05) is 25.8 Å². The number of methoxy groups -OCH3 is 1. The zero-order valence-electron chi connectivity index (χ0n) is 13.2. The molecule has 1 fully saturated rings. The van der Waals surface area contributed by atoms with Crippen molar-refractivity contribution in [3.8, 4) is 5.75 Å². The van der Waals surface area contributed by atoms with E-state index in [-0.39, 0.29) is 0 Å². The normalized spacial score (nSPS) is 25.2. The maximum absolute atomic E-state index is 5.41. The van der Waals surface area contributed by atoms with Crippen LogP contribution in [-0.4, -0.2) is 24.7 Å². The Morgan fingerprint density at radius 3 is 2.81 bits per heavy atom. The number of rotatable bonds is 6. The molecule has 21 heavy (non-hydrogen) atoms. The number of fused-ring (bicyclic) bond motifs is 1. The molecule has 2 aliphatic rings. The van der Waals surface area contributed by atoms with Crippen molar-refractivity contribution >= 4 is 11.8 Å². The van der Waals surface area contributed by atoms with Gasteiger partial charge in [0.1, 0.15) is 5.75 Å². The molecule has 116 valence electrons.